The Labute approximate surface area is 95.7 Å². The predicted octanol–water partition coefficient (Wildman–Crippen LogP) is 2.28. The van der Waals surface area contributed by atoms with Crippen LogP contribution < -0.4 is 10.5 Å². The van der Waals surface area contributed by atoms with Gasteiger partial charge >= 0.3 is 0 Å². The van der Waals surface area contributed by atoms with Crippen LogP contribution in [0, 0.1) is 0 Å². The van der Waals surface area contributed by atoms with Gasteiger partial charge in [-0.25, -0.2) is 4.98 Å². The van der Waals surface area contributed by atoms with E-state index in [0.717, 1.165) is 18.6 Å². The van der Waals surface area contributed by atoms with Gasteiger partial charge in [-0.15, -0.1) is 0 Å². The molecule has 1 unspecified atom stereocenters. The predicted molar refractivity (Wildman–Crippen MR) is 65.1 cm³/mol. The highest BCUT2D eigenvalue weighted by molar-refractivity contribution is 7.80. The first-order valence-electron chi connectivity index (χ1n) is 5.06. The molecular formula is C11H16N2OS. The van der Waals surface area contributed by atoms with Gasteiger partial charge in [-0.05, 0) is 25.5 Å². The quantitative estimate of drug-likeness (QED) is 0.779. The molecule has 0 aliphatic carbocycles. The van der Waals surface area contributed by atoms with Crippen molar-refractivity contribution in [1.29, 1.82) is 0 Å². The van der Waals surface area contributed by atoms with Crippen LogP contribution >= 0.6 is 12.2 Å². The Morgan fingerprint density at radius 2 is 2.33 bits per heavy atom. The van der Waals surface area contributed by atoms with Crippen LogP contribution in [0.4, 0.5) is 0 Å². The molecule has 15 heavy (non-hydrogen) atoms. The molecular weight excluding hydrogens is 208 g/mol. The van der Waals surface area contributed by atoms with E-state index in [2.05, 4.69) is 11.9 Å². The van der Waals surface area contributed by atoms with Crippen molar-refractivity contribution in [3.8, 4) is 5.75 Å². The third-order valence-electron chi connectivity index (χ3n) is 2.02. The molecule has 1 rings (SSSR count). The molecule has 0 aliphatic rings. The molecule has 0 aromatic carbocycles. The average molecular weight is 224 g/mol. The van der Waals surface area contributed by atoms with Gasteiger partial charge in [0.05, 0.1) is 18.0 Å². The molecule has 0 saturated heterocycles. The molecule has 3 nitrogen and oxygen atoms in total. The highest BCUT2D eigenvalue weighted by atomic mass is 32.1. The van der Waals surface area contributed by atoms with Crippen LogP contribution in [0.15, 0.2) is 18.3 Å². The van der Waals surface area contributed by atoms with Gasteiger partial charge in [0.25, 0.3) is 0 Å². The lowest BCUT2D eigenvalue weighted by Crippen LogP contribution is -2.13. The molecule has 0 fully saturated rings. The monoisotopic (exact) mass is 224 g/mol. The molecule has 4 heteroatoms. The van der Waals surface area contributed by atoms with E-state index in [-0.39, 0.29) is 6.10 Å². The van der Waals surface area contributed by atoms with Crippen LogP contribution in [-0.2, 0) is 0 Å². The van der Waals surface area contributed by atoms with E-state index < -0.39 is 0 Å². The van der Waals surface area contributed by atoms with Gasteiger partial charge in [0.1, 0.15) is 10.7 Å². The summed E-state index contributed by atoms with van der Waals surface area (Å²) in [5, 5.41) is 0. The molecule has 0 amide bonds. The fourth-order valence-electron chi connectivity index (χ4n) is 1.29. The van der Waals surface area contributed by atoms with Gasteiger partial charge in [0, 0.05) is 0 Å². The number of pyridine rings is 1. The van der Waals surface area contributed by atoms with Gasteiger partial charge in [-0.2, -0.15) is 0 Å². The normalized spacial score (nSPS) is 12.1. The van der Waals surface area contributed by atoms with Gasteiger partial charge < -0.3 is 10.5 Å². The summed E-state index contributed by atoms with van der Waals surface area (Å²) in [5.41, 5.74) is 6.07. The lowest BCUT2D eigenvalue weighted by Gasteiger charge is -2.13. The van der Waals surface area contributed by atoms with E-state index in [1.807, 2.05) is 13.0 Å². The van der Waals surface area contributed by atoms with Crippen LogP contribution in [-0.4, -0.2) is 16.1 Å². The second-order valence-electron chi connectivity index (χ2n) is 3.46. The minimum Gasteiger partial charge on any atom is -0.489 e. The fraction of sp³-hybridized carbons (Fsp3) is 0.455. The molecule has 0 bridgehead atoms. The largest absolute Gasteiger partial charge is 0.489 e. The number of aromatic nitrogens is 1. The molecule has 0 saturated carbocycles. The highest BCUT2D eigenvalue weighted by Gasteiger charge is 2.03. The van der Waals surface area contributed by atoms with Crippen molar-refractivity contribution < 1.29 is 4.74 Å². The van der Waals surface area contributed by atoms with Gasteiger partial charge in [-0.1, -0.05) is 25.6 Å². The first kappa shape index (κ1) is 11.9. The average Bonchev–Trinajstić information content (AvgIpc) is 2.18. The zero-order valence-electron chi connectivity index (χ0n) is 9.06. The second-order valence-corrected chi connectivity index (χ2v) is 3.90. The Hall–Kier alpha value is -1.16. The van der Waals surface area contributed by atoms with Crippen molar-refractivity contribution in [3.05, 3.63) is 24.0 Å². The molecule has 1 heterocycles. The minimum absolute atomic E-state index is 0.215. The fourth-order valence-corrected chi connectivity index (χ4v) is 1.41. The highest BCUT2D eigenvalue weighted by Crippen LogP contribution is 2.13. The van der Waals surface area contributed by atoms with Crippen LogP contribution in [0.25, 0.3) is 0 Å². The summed E-state index contributed by atoms with van der Waals surface area (Å²) < 4.78 is 5.64. The van der Waals surface area contributed by atoms with E-state index in [4.69, 9.17) is 22.7 Å². The maximum Gasteiger partial charge on any atom is 0.138 e. The van der Waals surface area contributed by atoms with Crippen LogP contribution in [0.3, 0.4) is 0 Å². The number of nitrogens with two attached hydrogens (primary N) is 1. The Bertz CT molecular complexity index is 324. The zero-order chi connectivity index (χ0) is 11.3. The number of hydrogen-bond acceptors (Lipinski definition) is 3. The Morgan fingerprint density at radius 1 is 1.60 bits per heavy atom. The first-order valence-corrected chi connectivity index (χ1v) is 5.46. The topological polar surface area (TPSA) is 48.1 Å². The summed E-state index contributed by atoms with van der Waals surface area (Å²) in [6.45, 7) is 4.18. The van der Waals surface area contributed by atoms with E-state index in [1.54, 1.807) is 12.3 Å². The van der Waals surface area contributed by atoms with Gasteiger partial charge in [-0.3, -0.25) is 0 Å². The molecule has 1 aromatic rings. The zero-order valence-corrected chi connectivity index (χ0v) is 9.88. The standard InChI is InChI=1S/C11H16N2OS/c1-3-4-8(2)14-9-5-6-10(11(12)15)13-7-9/h5-8H,3-4H2,1-2H3,(H2,12,15). The maximum absolute atomic E-state index is 5.64. The molecule has 0 aliphatic heterocycles. The third kappa shape index (κ3) is 3.83. The maximum atomic E-state index is 5.64. The summed E-state index contributed by atoms with van der Waals surface area (Å²) in [6.07, 6.45) is 4.02. The Morgan fingerprint density at radius 3 is 2.80 bits per heavy atom. The Balaban J connectivity index is 2.60. The summed E-state index contributed by atoms with van der Waals surface area (Å²) in [7, 11) is 0. The summed E-state index contributed by atoms with van der Waals surface area (Å²) in [6, 6.07) is 3.62. The molecule has 1 atom stereocenters. The number of hydrogen-bond donors (Lipinski definition) is 1. The van der Waals surface area contributed by atoms with Crippen molar-refractivity contribution in [2.45, 2.75) is 32.8 Å². The summed E-state index contributed by atoms with van der Waals surface area (Å²) in [4.78, 5) is 4.41. The smallest absolute Gasteiger partial charge is 0.138 e. The number of nitrogens with zero attached hydrogens (tertiary/aromatic N) is 1. The van der Waals surface area contributed by atoms with Crippen molar-refractivity contribution in [2.24, 2.45) is 5.73 Å². The van der Waals surface area contributed by atoms with Crippen molar-refractivity contribution in [2.75, 3.05) is 0 Å². The first-order chi connectivity index (χ1) is 7.13. The summed E-state index contributed by atoms with van der Waals surface area (Å²) in [5.74, 6) is 0.760. The van der Waals surface area contributed by atoms with Gasteiger partial charge in [0.2, 0.25) is 0 Å². The van der Waals surface area contributed by atoms with E-state index in [1.165, 1.54) is 0 Å². The van der Waals surface area contributed by atoms with Gasteiger partial charge in [0.15, 0.2) is 0 Å². The van der Waals surface area contributed by atoms with Crippen LogP contribution in [0.2, 0.25) is 0 Å². The second kappa shape index (κ2) is 5.66. The lowest BCUT2D eigenvalue weighted by molar-refractivity contribution is 0.209. The van der Waals surface area contributed by atoms with Crippen molar-refractivity contribution in [1.82, 2.24) is 4.98 Å². The number of rotatable bonds is 5. The molecule has 1 aromatic heterocycles. The van der Waals surface area contributed by atoms with E-state index >= 15 is 0 Å². The van der Waals surface area contributed by atoms with Crippen molar-refractivity contribution >= 4 is 17.2 Å². The van der Waals surface area contributed by atoms with Crippen molar-refractivity contribution in [3.63, 3.8) is 0 Å². The molecule has 2 N–H and O–H groups in total. The molecule has 82 valence electrons. The third-order valence-corrected chi connectivity index (χ3v) is 2.23. The lowest BCUT2D eigenvalue weighted by atomic mass is 10.2. The molecule has 0 spiro atoms. The number of thiocarbonyl (C=S) groups is 1. The Kier molecular flexibility index (Phi) is 4.49. The van der Waals surface area contributed by atoms with E-state index in [0.29, 0.717) is 10.7 Å². The van der Waals surface area contributed by atoms with Crippen LogP contribution in [0.1, 0.15) is 32.4 Å². The molecule has 0 radical (unpaired) electrons. The minimum atomic E-state index is 0.215. The van der Waals surface area contributed by atoms with Crippen LogP contribution in [0.5, 0.6) is 5.75 Å². The summed E-state index contributed by atoms with van der Waals surface area (Å²) >= 11 is 4.81. The van der Waals surface area contributed by atoms with E-state index in [9.17, 15) is 0 Å². The SMILES string of the molecule is CCCC(C)Oc1ccc(C(N)=S)nc1. The number of ether oxygens (including phenoxy) is 1.